The summed E-state index contributed by atoms with van der Waals surface area (Å²) in [4.78, 5) is 15.6. The number of rotatable bonds is 7. The van der Waals surface area contributed by atoms with Crippen LogP contribution in [0.2, 0.25) is 0 Å². The molecule has 0 aliphatic carbocycles. The van der Waals surface area contributed by atoms with Gasteiger partial charge in [0.1, 0.15) is 32.7 Å². The van der Waals surface area contributed by atoms with Gasteiger partial charge in [0, 0.05) is 11.3 Å². The van der Waals surface area contributed by atoms with Gasteiger partial charge in [-0.3, -0.25) is 4.79 Å². The van der Waals surface area contributed by atoms with Gasteiger partial charge in [-0.1, -0.05) is 60.7 Å². The summed E-state index contributed by atoms with van der Waals surface area (Å²) < 4.78 is 0. The molecule has 1 heterocycles. The van der Waals surface area contributed by atoms with Crippen molar-refractivity contribution in [2.75, 3.05) is 38.0 Å². The molecule has 5 heteroatoms. The fourth-order valence-electron chi connectivity index (χ4n) is 4.33. The van der Waals surface area contributed by atoms with Gasteiger partial charge >= 0.3 is 0 Å². The fraction of sp³-hybridized carbons (Fsp3) is 0.259. The van der Waals surface area contributed by atoms with Crippen molar-refractivity contribution in [1.29, 1.82) is 5.26 Å². The molecule has 162 valence electrons. The second-order valence-corrected chi connectivity index (χ2v) is 8.53. The highest BCUT2D eigenvalue weighted by molar-refractivity contribution is 5.92. The second-order valence-electron chi connectivity index (χ2n) is 8.53. The Kier molecular flexibility index (Phi) is 7.29. The standard InChI is InChI=1S/C27H28N4O/c28-19-23-10-12-24(13-11-23)20-30-14-16-31(17-15-30)21-27(32)29-26-9-5-4-8-25(26)18-22-6-2-1-3-7-22/h1-13H,14-18,20-21H2,(H,29,32)/p+2. The number of amides is 1. The number of nitrogens with zero attached hydrogens (tertiary/aromatic N) is 1. The van der Waals surface area contributed by atoms with Crippen LogP contribution in [0.25, 0.3) is 0 Å². The van der Waals surface area contributed by atoms with Crippen molar-refractivity contribution >= 4 is 11.6 Å². The second kappa shape index (κ2) is 10.7. The maximum atomic E-state index is 12.8. The molecule has 3 N–H and O–H groups in total. The number of nitrogens with one attached hydrogen (secondary N) is 3. The first-order valence-corrected chi connectivity index (χ1v) is 11.3. The summed E-state index contributed by atoms with van der Waals surface area (Å²) >= 11 is 0. The van der Waals surface area contributed by atoms with Crippen LogP contribution in [-0.4, -0.2) is 38.6 Å². The third-order valence-electron chi connectivity index (χ3n) is 6.14. The molecule has 0 unspecified atom stereocenters. The van der Waals surface area contributed by atoms with Crippen LogP contribution in [0.4, 0.5) is 5.69 Å². The lowest BCUT2D eigenvalue weighted by Gasteiger charge is -2.29. The van der Waals surface area contributed by atoms with E-state index in [4.69, 9.17) is 5.26 Å². The lowest BCUT2D eigenvalue weighted by Crippen LogP contribution is -3.28. The van der Waals surface area contributed by atoms with Gasteiger partial charge in [0.25, 0.3) is 5.91 Å². The molecule has 0 radical (unpaired) electrons. The summed E-state index contributed by atoms with van der Waals surface area (Å²) in [7, 11) is 0. The van der Waals surface area contributed by atoms with E-state index in [9.17, 15) is 4.79 Å². The quantitative estimate of drug-likeness (QED) is 0.529. The van der Waals surface area contributed by atoms with Crippen molar-refractivity contribution in [3.05, 3.63) is 101 Å². The molecule has 3 aromatic rings. The number of carbonyl (C=O) groups excluding carboxylic acids is 1. The van der Waals surface area contributed by atoms with E-state index in [1.54, 1.807) is 0 Å². The molecule has 1 fully saturated rings. The summed E-state index contributed by atoms with van der Waals surface area (Å²) in [6, 6.07) is 28.4. The Labute approximate surface area is 189 Å². The average Bonchev–Trinajstić information content (AvgIpc) is 2.83. The van der Waals surface area contributed by atoms with Crippen LogP contribution in [0, 0.1) is 11.3 Å². The Morgan fingerprint density at radius 3 is 2.19 bits per heavy atom. The molecule has 32 heavy (non-hydrogen) atoms. The molecule has 3 aromatic carbocycles. The predicted octanol–water partition coefficient (Wildman–Crippen LogP) is 1.07. The normalized spacial score (nSPS) is 18.0. The van der Waals surface area contributed by atoms with E-state index in [0.717, 1.165) is 50.4 Å². The first kappa shape index (κ1) is 21.8. The molecule has 0 bridgehead atoms. The third-order valence-corrected chi connectivity index (χ3v) is 6.14. The van der Waals surface area contributed by atoms with Crippen molar-refractivity contribution in [2.45, 2.75) is 13.0 Å². The minimum absolute atomic E-state index is 0.0797. The molecule has 1 saturated heterocycles. The molecule has 1 aliphatic heterocycles. The minimum Gasteiger partial charge on any atom is -0.322 e. The number of hydrogen-bond acceptors (Lipinski definition) is 2. The van der Waals surface area contributed by atoms with Crippen LogP contribution in [0.1, 0.15) is 22.3 Å². The van der Waals surface area contributed by atoms with E-state index in [0.29, 0.717) is 12.1 Å². The first-order valence-electron chi connectivity index (χ1n) is 11.3. The van der Waals surface area contributed by atoms with E-state index in [1.165, 1.54) is 20.9 Å². The topological polar surface area (TPSA) is 61.8 Å². The van der Waals surface area contributed by atoms with E-state index in [1.807, 2.05) is 60.7 Å². The van der Waals surface area contributed by atoms with Gasteiger partial charge in [0.2, 0.25) is 0 Å². The molecule has 0 atom stereocenters. The zero-order valence-electron chi connectivity index (χ0n) is 18.3. The van der Waals surface area contributed by atoms with Crippen molar-refractivity contribution < 1.29 is 14.6 Å². The lowest BCUT2D eigenvalue weighted by atomic mass is 10.0. The zero-order chi connectivity index (χ0) is 22.2. The Bertz CT molecular complexity index is 1060. The molecular formula is C27H30N4O+2. The van der Waals surface area contributed by atoms with Gasteiger partial charge < -0.3 is 15.1 Å². The zero-order valence-corrected chi connectivity index (χ0v) is 18.3. The van der Waals surface area contributed by atoms with Crippen LogP contribution in [0.5, 0.6) is 0 Å². The van der Waals surface area contributed by atoms with Crippen molar-refractivity contribution in [3.8, 4) is 6.07 Å². The van der Waals surface area contributed by atoms with Crippen molar-refractivity contribution in [2.24, 2.45) is 0 Å². The Balaban J connectivity index is 1.26. The van der Waals surface area contributed by atoms with Gasteiger partial charge in [0.05, 0.1) is 11.6 Å². The number of quaternary nitrogens is 2. The Morgan fingerprint density at radius 2 is 1.47 bits per heavy atom. The van der Waals surface area contributed by atoms with Gasteiger partial charge in [-0.05, 0) is 35.7 Å². The summed E-state index contributed by atoms with van der Waals surface area (Å²) in [5.74, 6) is 0.0797. The SMILES string of the molecule is N#Cc1ccc(C[NH+]2CC[NH+](CC(=O)Nc3ccccc3Cc3ccccc3)CC2)cc1. The van der Waals surface area contributed by atoms with Crippen LogP contribution in [-0.2, 0) is 17.8 Å². The monoisotopic (exact) mass is 426 g/mol. The molecule has 0 aromatic heterocycles. The number of hydrogen-bond donors (Lipinski definition) is 3. The summed E-state index contributed by atoms with van der Waals surface area (Å²) in [5, 5.41) is 12.1. The fourth-order valence-corrected chi connectivity index (χ4v) is 4.33. The lowest BCUT2D eigenvalue weighted by molar-refractivity contribution is -1.02. The Hall–Kier alpha value is -3.46. The van der Waals surface area contributed by atoms with Crippen molar-refractivity contribution in [1.82, 2.24) is 0 Å². The molecule has 5 nitrogen and oxygen atoms in total. The summed E-state index contributed by atoms with van der Waals surface area (Å²) in [5.41, 5.74) is 5.25. The maximum Gasteiger partial charge on any atom is 0.279 e. The molecule has 4 rings (SSSR count). The molecule has 0 spiro atoms. The van der Waals surface area contributed by atoms with Crippen molar-refractivity contribution in [3.63, 3.8) is 0 Å². The third kappa shape index (κ3) is 6.04. The van der Waals surface area contributed by atoms with E-state index >= 15 is 0 Å². The van der Waals surface area contributed by atoms with E-state index in [-0.39, 0.29) is 5.91 Å². The number of anilines is 1. The molecule has 1 aliphatic rings. The molecule has 0 saturated carbocycles. The van der Waals surface area contributed by atoms with Crippen LogP contribution >= 0.6 is 0 Å². The van der Waals surface area contributed by atoms with Gasteiger partial charge in [0.15, 0.2) is 6.54 Å². The highest BCUT2D eigenvalue weighted by Gasteiger charge is 2.25. The first-order chi connectivity index (χ1) is 15.7. The molecular weight excluding hydrogens is 396 g/mol. The highest BCUT2D eigenvalue weighted by atomic mass is 16.2. The molecule has 1 amide bonds. The van der Waals surface area contributed by atoms with Crippen LogP contribution < -0.4 is 15.1 Å². The van der Waals surface area contributed by atoms with Crippen LogP contribution in [0.15, 0.2) is 78.9 Å². The largest absolute Gasteiger partial charge is 0.322 e. The average molecular weight is 427 g/mol. The minimum atomic E-state index is 0.0797. The van der Waals surface area contributed by atoms with Gasteiger partial charge in [-0.2, -0.15) is 5.26 Å². The maximum absolute atomic E-state index is 12.8. The number of benzene rings is 3. The number of piperazine rings is 1. The number of nitriles is 1. The summed E-state index contributed by atoms with van der Waals surface area (Å²) in [6.45, 7) is 5.55. The van der Waals surface area contributed by atoms with Gasteiger partial charge in [-0.15, -0.1) is 0 Å². The van der Waals surface area contributed by atoms with Gasteiger partial charge in [-0.25, -0.2) is 0 Å². The predicted molar refractivity (Wildman–Crippen MR) is 125 cm³/mol. The number of para-hydroxylation sites is 1. The van der Waals surface area contributed by atoms with E-state index < -0.39 is 0 Å². The smallest absolute Gasteiger partial charge is 0.279 e. The van der Waals surface area contributed by atoms with E-state index in [2.05, 4.69) is 29.6 Å². The summed E-state index contributed by atoms with van der Waals surface area (Å²) in [6.07, 6.45) is 0.807. The Morgan fingerprint density at radius 1 is 0.812 bits per heavy atom. The highest BCUT2D eigenvalue weighted by Crippen LogP contribution is 2.18. The van der Waals surface area contributed by atoms with Crippen LogP contribution in [0.3, 0.4) is 0 Å². The number of carbonyl (C=O) groups is 1.